The number of hydrogen-bond donors (Lipinski definition) is 0. The Bertz CT molecular complexity index is 774. The maximum Gasteiger partial charge on any atom is 0.182 e. The van der Waals surface area contributed by atoms with E-state index in [1.807, 2.05) is 44.2 Å². The Morgan fingerprint density at radius 2 is 1.95 bits per heavy atom. The maximum atomic E-state index is 10.9. The molecule has 0 aliphatic carbocycles. The molecular weight excluding hydrogens is 238 g/mol. The van der Waals surface area contributed by atoms with Crippen molar-refractivity contribution in [2.45, 2.75) is 13.8 Å². The van der Waals surface area contributed by atoms with E-state index in [4.69, 9.17) is 0 Å². The van der Waals surface area contributed by atoms with E-state index >= 15 is 0 Å². The molecule has 0 unspecified atom stereocenters. The van der Waals surface area contributed by atoms with Gasteiger partial charge in [0.15, 0.2) is 17.8 Å². The minimum atomic E-state index is 0.633. The number of benzene rings is 1. The number of carbonyl (C=O) groups excluding carboxylic acids is 1. The zero-order valence-corrected chi connectivity index (χ0v) is 10.8. The molecule has 0 spiro atoms. The largest absolute Gasteiger partial charge is 0.298 e. The number of nitrogens with zero attached hydrogens (tertiary/aromatic N) is 3. The van der Waals surface area contributed by atoms with Crippen LogP contribution in [0.2, 0.25) is 0 Å². The van der Waals surface area contributed by atoms with Crippen molar-refractivity contribution in [2.24, 2.45) is 0 Å². The van der Waals surface area contributed by atoms with E-state index in [9.17, 15) is 4.79 Å². The summed E-state index contributed by atoms with van der Waals surface area (Å²) in [5.41, 5.74) is 4.43. The Hall–Kier alpha value is -2.49. The third kappa shape index (κ3) is 1.91. The highest BCUT2D eigenvalue weighted by molar-refractivity contribution is 5.77. The van der Waals surface area contributed by atoms with Gasteiger partial charge in [-0.1, -0.05) is 24.3 Å². The zero-order chi connectivity index (χ0) is 13.4. The highest BCUT2D eigenvalue weighted by Crippen LogP contribution is 2.20. The predicted molar refractivity (Wildman–Crippen MR) is 73.3 cm³/mol. The maximum absolute atomic E-state index is 10.9. The van der Waals surface area contributed by atoms with Crippen LogP contribution < -0.4 is 0 Å². The summed E-state index contributed by atoms with van der Waals surface area (Å²) < 4.78 is 1.65. The molecule has 3 aromatic rings. The van der Waals surface area contributed by atoms with Crippen LogP contribution in [0.4, 0.5) is 0 Å². The van der Waals surface area contributed by atoms with Gasteiger partial charge in [-0.25, -0.2) is 9.50 Å². The molecule has 2 heterocycles. The van der Waals surface area contributed by atoms with Crippen molar-refractivity contribution in [3.63, 3.8) is 0 Å². The summed E-state index contributed by atoms with van der Waals surface area (Å²) in [5, 5.41) is 4.44. The quantitative estimate of drug-likeness (QED) is 0.658. The van der Waals surface area contributed by atoms with Gasteiger partial charge in [-0.15, -0.1) is 5.10 Å². The van der Waals surface area contributed by atoms with Gasteiger partial charge in [0.2, 0.25) is 0 Å². The van der Waals surface area contributed by atoms with Gasteiger partial charge < -0.3 is 0 Å². The molecule has 94 valence electrons. The number of fused-ring (bicyclic) bond motifs is 1. The molecule has 0 fully saturated rings. The second-order valence-corrected chi connectivity index (χ2v) is 4.58. The first-order valence-corrected chi connectivity index (χ1v) is 6.07. The number of hydrogen-bond acceptors (Lipinski definition) is 3. The van der Waals surface area contributed by atoms with Crippen LogP contribution in [0, 0.1) is 13.8 Å². The van der Waals surface area contributed by atoms with Crippen molar-refractivity contribution >= 4 is 11.9 Å². The van der Waals surface area contributed by atoms with Gasteiger partial charge in [-0.3, -0.25) is 4.79 Å². The van der Waals surface area contributed by atoms with Crippen molar-refractivity contribution in [1.29, 1.82) is 0 Å². The Kier molecular flexibility index (Phi) is 2.63. The van der Waals surface area contributed by atoms with Gasteiger partial charge in [-0.2, -0.15) is 0 Å². The molecule has 0 saturated carbocycles. The highest BCUT2D eigenvalue weighted by Gasteiger charge is 2.10. The molecule has 0 atom stereocenters. The molecule has 2 aromatic heterocycles. The normalized spacial score (nSPS) is 10.8. The number of carbonyl (C=O) groups is 1. The molecule has 3 rings (SSSR count). The van der Waals surface area contributed by atoms with Crippen LogP contribution in [0.3, 0.4) is 0 Å². The molecule has 0 bridgehead atoms. The van der Waals surface area contributed by atoms with Gasteiger partial charge in [0, 0.05) is 17.3 Å². The van der Waals surface area contributed by atoms with Gasteiger partial charge in [-0.05, 0) is 31.0 Å². The Morgan fingerprint density at radius 1 is 1.16 bits per heavy atom. The van der Waals surface area contributed by atoms with E-state index in [2.05, 4.69) is 10.1 Å². The number of aromatic nitrogens is 3. The Morgan fingerprint density at radius 3 is 2.68 bits per heavy atom. The van der Waals surface area contributed by atoms with Gasteiger partial charge in [0.1, 0.15) is 0 Å². The van der Waals surface area contributed by atoms with E-state index in [1.165, 1.54) is 0 Å². The number of pyridine rings is 1. The number of aldehydes is 1. The van der Waals surface area contributed by atoms with Gasteiger partial charge >= 0.3 is 0 Å². The summed E-state index contributed by atoms with van der Waals surface area (Å²) in [7, 11) is 0. The van der Waals surface area contributed by atoms with Crippen molar-refractivity contribution in [1.82, 2.24) is 14.6 Å². The fourth-order valence-corrected chi connectivity index (χ4v) is 2.10. The molecule has 0 N–H and O–H groups in total. The predicted octanol–water partition coefficient (Wildman–Crippen LogP) is 2.83. The summed E-state index contributed by atoms with van der Waals surface area (Å²) in [6.07, 6.45) is 2.55. The first-order valence-electron chi connectivity index (χ1n) is 6.07. The summed E-state index contributed by atoms with van der Waals surface area (Å²) in [4.78, 5) is 15.5. The van der Waals surface area contributed by atoms with Crippen molar-refractivity contribution in [2.75, 3.05) is 0 Å². The lowest BCUT2D eigenvalue weighted by Gasteiger charge is -1.98. The SMILES string of the molecule is Cc1cc2nc(-c3ccccc3C)nn2cc1C=O. The smallest absolute Gasteiger partial charge is 0.182 e. The standard InChI is InChI=1S/C15H13N3O/c1-10-5-3-4-6-13(10)15-16-14-7-11(2)12(9-19)8-18(14)17-15/h3-9H,1-2H3. The fraction of sp³-hybridized carbons (Fsp3) is 0.133. The Labute approximate surface area is 110 Å². The van der Waals surface area contributed by atoms with E-state index in [-0.39, 0.29) is 0 Å². The van der Waals surface area contributed by atoms with Crippen molar-refractivity contribution in [3.05, 3.63) is 53.2 Å². The molecule has 0 radical (unpaired) electrons. The summed E-state index contributed by atoms with van der Waals surface area (Å²) in [6.45, 7) is 3.93. The van der Waals surface area contributed by atoms with Gasteiger partial charge in [0.25, 0.3) is 0 Å². The van der Waals surface area contributed by atoms with Gasteiger partial charge in [0.05, 0.1) is 0 Å². The molecule has 4 nitrogen and oxygen atoms in total. The third-order valence-electron chi connectivity index (χ3n) is 3.23. The lowest BCUT2D eigenvalue weighted by molar-refractivity contribution is 0.112. The number of rotatable bonds is 2. The average Bonchev–Trinajstić information content (AvgIpc) is 2.80. The van der Waals surface area contributed by atoms with E-state index in [0.717, 1.165) is 28.6 Å². The molecule has 4 heteroatoms. The monoisotopic (exact) mass is 251 g/mol. The van der Waals surface area contributed by atoms with E-state index in [1.54, 1.807) is 10.7 Å². The molecule has 0 saturated heterocycles. The van der Waals surface area contributed by atoms with E-state index in [0.29, 0.717) is 11.4 Å². The fourth-order valence-electron chi connectivity index (χ4n) is 2.10. The van der Waals surface area contributed by atoms with Crippen LogP contribution in [0.5, 0.6) is 0 Å². The lowest BCUT2D eigenvalue weighted by atomic mass is 10.1. The average molecular weight is 251 g/mol. The van der Waals surface area contributed by atoms with Crippen molar-refractivity contribution < 1.29 is 4.79 Å². The summed E-state index contributed by atoms with van der Waals surface area (Å²) in [5.74, 6) is 0.681. The first kappa shape index (κ1) is 11.6. The highest BCUT2D eigenvalue weighted by atomic mass is 16.1. The number of aryl methyl sites for hydroxylation is 2. The second-order valence-electron chi connectivity index (χ2n) is 4.58. The van der Waals surface area contributed by atoms with Crippen LogP contribution >= 0.6 is 0 Å². The summed E-state index contributed by atoms with van der Waals surface area (Å²) >= 11 is 0. The zero-order valence-electron chi connectivity index (χ0n) is 10.8. The molecule has 0 amide bonds. The molecule has 0 aliphatic heterocycles. The van der Waals surface area contributed by atoms with Crippen LogP contribution in [0.1, 0.15) is 21.5 Å². The minimum absolute atomic E-state index is 0.633. The van der Waals surface area contributed by atoms with E-state index < -0.39 is 0 Å². The Balaban J connectivity index is 2.22. The van der Waals surface area contributed by atoms with Crippen LogP contribution in [0.15, 0.2) is 36.5 Å². The van der Waals surface area contributed by atoms with Crippen LogP contribution in [0.25, 0.3) is 17.0 Å². The lowest BCUT2D eigenvalue weighted by Crippen LogP contribution is -1.94. The van der Waals surface area contributed by atoms with Crippen LogP contribution in [-0.4, -0.2) is 20.9 Å². The molecule has 1 aromatic carbocycles. The first-order chi connectivity index (χ1) is 9.19. The molecular formula is C15H13N3O. The third-order valence-corrected chi connectivity index (χ3v) is 3.23. The van der Waals surface area contributed by atoms with Crippen LogP contribution in [-0.2, 0) is 0 Å². The molecule has 19 heavy (non-hydrogen) atoms. The van der Waals surface area contributed by atoms with Crippen molar-refractivity contribution in [3.8, 4) is 11.4 Å². The topological polar surface area (TPSA) is 47.3 Å². The summed E-state index contributed by atoms with van der Waals surface area (Å²) in [6, 6.07) is 9.86. The molecule has 0 aliphatic rings. The second kappa shape index (κ2) is 4.31. The minimum Gasteiger partial charge on any atom is -0.298 e.